The molecular formula is C16H23Cl3N8O4S2. The zero-order valence-electron chi connectivity index (χ0n) is 18.4. The van der Waals surface area contributed by atoms with Gasteiger partial charge in [-0.05, 0) is 32.1 Å². The number of nitrogens with zero attached hydrogens (tertiary/aromatic N) is 7. The number of nitrogens with two attached hydrogens (primary N) is 1. The molecule has 2 rings (SSSR count). The fourth-order valence-corrected chi connectivity index (χ4v) is 3.64. The highest BCUT2D eigenvalue weighted by Crippen LogP contribution is 2.31. The molecule has 0 unspecified atom stereocenters. The summed E-state index contributed by atoms with van der Waals surface area (Å²) in [4.78, 5) is 36.4. The van der Waals surface area contributed by atoms with Crippen molar-refractivity contribution in [3.05, 3.63) is 35.7 Å². The maximum absolute atomic E-state index is 10.4. The fourth-order valence-electron chi connectivity index (χ4n) is 1.98. The Hall–Kier alpha value is -1.71. The van der Waals surface area contributed by atoms with E-state index in [2.05, 4.69) is 45.6 Å². The van der Waals surface area contributed by atoms with Crippen LogP contribution < -0.4 is 5.73 Å². The van der Waals surface area contributed by atoms with Crippen LogP contribution in [0.4, 0.5) is 17.2 Å². The highest BCUT2D eigenvalue weighted by Gasteiger charge is 2.22. The number of thioether (sulfide) groups is 2. The second-order valence-corrected chi connectivity index (χ2v) is 8.13. The van der Waals surface area contributed by atoms with Gasteiger partial charge in [-0.3, -0.25) is 20.2 Å². The Morgan fingerprint density at radius 2 is 1.12 bits per heavy atom. The molecule has 2 N–H and O–H groups in total. The summed E-state index contributed by atoms with van der Waals surface area (Å²) in [5.74, 6) is -0.214. The molecule has 2 aromatic heterocycles. The van der Waals surface area contributed by atoms with Crippen molar-refractivity contribution in [2.75, 3.05) is 37.9 Å². The van der Waals surface area contributed by atoms with Crippen LogP contribution in [0.15, 0.2) is 10.3 Å². The van der Waals surface area contributed by atoms with E-state index in [1.807, 2.05) is 0 Å². The van der Waals surface area contributed by atoms with Crippen LogP contribution in [0.25, 0.3) is 0 Å². The quantitative estimate of drug-likeness (QED) is 0.156. The largest absolute Gasteiger partial charge is 0.378 e. The van der Waals surface area contributed by atoms with Gasteiger partial charge >= 0.3 is 11.4 Å². The molecule has 184 valence electrons. The summed E-state index contributed by atoms with van der Waals surface area (Å²) in [6, 6.07) is 0. The van der Waals surface area contributed by atoms with Gasteiger partial charge in [0.05, 0.1) is 9.85 Å². The number of rotatable bonds is 7. The van der Waals surface area contributed by atoms with Crippen molar-refractivity contribution in [3.63, 3.8) is 0 Å². The lowest BCUT2D eigenvalue weighted by atomic mass is 10.5. The van der Waals surface area contributed by atoms with Gasteiger partial charge in [-0.1, -0.05) is 79.1 Å². The van der Waals surface area contributed by atoms with Gasteiger partial charge in [0.2, 0.25) is 21.3 Å². The zero-order chi connectivity index (χ0) is 25.7. The lowest BCUT2D eigenvalue weighted by Crippen LogP contribution is -2.21. The van der Waals surface area contributed by atoms with E-state index in [4.69, 9.17) is 40.5 Å². The van der Waals surface area contributed by atoms with Gasteiger partial charge < -0.3 is 10.6 Å². The van der Waals surface area contributed by atoms with Crippen molar-refractivity contribution in [2.24, 2.45) is 0 Å². The van der Waals surface area contributed by atoms with Gasteiger partial charge in [0.1, 0.15) is 0 Å². The van der Waals surface area contributed by atoms with Crippen molar-refractivity contribution in [1.82, 2.24) is 24.8 Å². The average Bonchev–Trinajstić information content (AvgIpc) is 2.74. The van der Waals surface area contributed by atoms with Gasteiger partial charge in [0, 0.05) is 0 Å². The summed E-state index contributed by atoms with van der Waals surface area (Å²) >= 11 is 19.0. The SMILES string of the molecule is CCN(CC)CC.CSc1nc(Cl)c([N+](=O)[O-])c(Cl)n1.CSc1nc(N)c([N+](=O)[O-])c(Cl)n1. The minimum Gasteiger partial charge on any atom is -0.378 e. The van der Waals surface area contributed by atoms with Crippen LogP contribution in [0.1, 0.15) is 20.8 Å². The smallest absolute Gasteiger partial charge is 0.348 e. The molecule has 2 aromatic rings. The first kappa shape index (κ1) is 31.3. The molecule has 0 spiro atoms. The number of nitro groups is 2. The normalized spacial score (nSPS) is 10.1. The third-order valence-corrected chi connectivity index (χ3v) is 5.58. The molecule has 0 saturated heterocycles. The van der Waals surface area contributed by atoms with E-state index in [-0.39, 0.29) is 21.3 Å². The summed E-state index contributed by atoms with van der Waals surface area (Å²) in [6.07, 6.45) is 3.44. The standard InChI is InChI=1S/C6H15N.C5H3Cl2N3O2S.C5H5ClN4O2S/c1-4-7(5-2)6-3;2*1-13-5-8-3(6)2(10(11)12)4(7)9-5/h4-6H2,1-3H3;1H3;1H3,(H2,7,8,9). The monoisotopic (exact) mass is 560 g/mol. The Kier molecular flexibility index (Phi) is 15.2. The summed E-state index contributed by atoms with van der Waals surface area (Å²) in [6.45, 7) is 10.1. The lowest BCUT2D eigenvalue weighted by molar-refractivity contribution is -0.385. The molecule has 0 aliphatic carbocycles. The van der Waals surface area contributed by atoms with E-state index >= 15 is 0 Å². The minimum absolute atomic E-state index is 0.214. The van der Waals surface area contributed by atoms with Gasteiger partial charge in [-0.25, -0.2) is 15.0 Å². The van der Waals surface area contributed by atoms with Crippen LogP contribution >= 0.6 is 58.3 Å². The van der Waals surface area contributed by atoms with Crippen molar-refractivity contribution in [1.29, 1.82) is 0 Å². The maximum atomic E-state index is 10.4. The van der Waals surface area contributed by atoms with Crippen LogP contribution in [0.3, 0.4) is 0 Å². The average molecular weight is 562 g/mol. The summed E-state index contributed by atoms with van der Waals surface area (Å²) < 4.78 is 0. The van der Waals surface area contributed by atoms with E-state index in [1.165, 1.54) is 43.2 Å². The Morgan fingerprint density at radius 3 is 1.36 bits per heavy atom. The molecule has 0 aromatic carbocycles. The number of hydrogen-bond donors (Lipinski definition) is 1. The number of halogens is 3. The summed E-state index contributed by atoms with van der Waals surface area (Å²) in [5.41, 5.74) is 4.41. The van der Waals surface area contributed by atoms with Gasteiger partial charge in [-0.2, -0.15) is 4.98 Å². The predicted octanol–water partition coefficient (Wildman–Crippen LogP) is 5.10. The van der Waals surface area contributed by atoms with Gasteiger partial charge in [-0.15, -0.1) is 0 Å². The first-order valence-electron chi connectivity index (χ1n) is 9.12. The molecule has 0 fully saturated rings. The topological polar surface area (TPSA) is 167 Å². The predicted molar refractivity (Wildman–Crippen MR) is 134 cm³/mol. The molecule has 0 saturated carbocycles. The van der Waals surface area contributed by atoms with Crippen LogP contribution in [-0.2, 0) is 0 Å². The molecule has 0 aliphatic rings. The lowest BCUT2D eigenvalue weighted by Gasteiger charge is -2.13. The highest BCUT2D eigenvalue weighted by molar-refractivity contribution is 7.98. The zero-order valence-corrected chi connectivity index (χ0v) is 22.3. The van der Waals surface area contributed by atoms with E-state index in [9.17, 15) is 20.2 Å². The molecular weight excluding hydrogens is 539 g/mol. The Labute approximate surface area is 214 Å². The molecule has 0 atom stereocenters. The molecule has 2 heterocycles. The highest BCUT2D eigenvalue weighted by atomic mass is 35.5. The minimum atomic E-state index is -0.714. The number of nitrogen functional groups attached to an aromatic ring is 1. The molecule has 0 amide bonds. The molecule has 12 nitrogen and oxygen atoms in total. The van der Waals surface area contributed by atoms with E-state index < -0.39 is 21.2 Å². The van der Waals surface area contributed by atoms with Crippen LogP contribution in [0.2, 0.25) is 15.5 Å². The van der Waals surface area contributed by atoms with E-state index in [0.29, 0.717) is 10.3 Å². The molecule has 0 bridgehead atoms. The number of hydrogen-bond acceptors (Lipinski definition) is 12. The van der Waals surface area contributed by atoms with Crippen molar-refractivity contribution in [2.45, 2.75) is 31.1 Å². The molecule has 0 aliphatic heterocycles. The molecule has 17 heteroatoms. The summed E-state index contributed by atoms with van der Waals surface area (Å²) in [5, 5.41) is 20.7. The van der Waals surface area contributed by atoms with Crippen LogP contribution in [0.5, 0.6) is 0 Å². The second-order valence-electron chi connectivity index (χ2n) is 5.51. The Balaban J connectivity index is 0.000000490. The second kappa shape index (κ2) is 16.0. The van der Waals surface area contributed by atoms with Gasteiger partial charge in [0.25, 0.3) is 0 Å². The number of aromatic nitrogens is 4. The Morgan fingerprint density at radius 1 is 0.788 bits per heavy atom. The van der Waals surface area contributed by atoms with E-state index in [1.54, 1.807) is 12.5 Å². The van der Waals surface area contributed by atoms with Crippen molar-refractivity contribution < 1.29 is 9.85 Å². The van der Waals surface area contributed by atoms with Crippen LogP contribution in [0, 0.1) is 20.2 Å². The number of anilines is 1. The first-order valence-corrected chi connectivity index (χ1v) is 12.7. The third kappa shape index (κ3) is 10.4. The first-order chi connectivity index (χ1) is 15.5. The molecule has 33 heavy (non-hydrogen) atoms. The van der Waals surface area contributed by atoms with Crippen LogP contribution in [-0.4, -0.2) is 66.8 Å². The van der Waals surface area contributed by atoms with Crippen molar-refractivity contribution in [3.8, 4) is 0 Å². The Bertz CT molecular complexity index is 833. The van der Waals surface area contributed by atoms with Crippen molar-refractivity contribution >= 4 is 75.5 Å². The van der Waals surface area contributed by atoms with Gasteiger partial charge in [0.15, 0.2) is 10.3 Å². The summed E-state index contributed by atoms with van der Waals surface area (Å²) in [7, 11) is 0. The fraction of sp³-hybridized carbons (Fsp3) is 0.500. The van der Waals surface area contributed by atoms with E-state index in [0.717, 1.165) is 0 Å². The maximum Gasteiger partial charge on any atom is 0.348 e. The molecule has 0 radical (unpaired) electrons. The third-order valence-electron chi connectivity index (χ3n) is 3.70.